The van der Waals surface area contributed by atoms with Crippen LogP contribution in [-0.4, -0.2) is 59.6 Å². The predicted octanol–water partition coefficient (Wildman–Crippen LogP) is 3.84. The fourth-order valence-corrected chi connectivity index (χ4v) is 5.37. The molecule has 0 aliphatic rings. The number of carboxylic acid groups (broad SMARTS) is 1. The smallest absolute Gasteiger partial charge is 0.404 e. The molecule has 9 nitrogen and oxygen atoms in total. The van der Waals surface area contributed by atoms with Crippen LogP contribution in [0.2, 0.25) is 0 Å². The monoisotopic (exact) mass is 507 g/mol. The second-order valence-electron chi connectivity index (χ2n) is 8.18. The van der Waals surface area contributed by atoms with Gasteiger partial charge in [-0.3, -0.25) is 19.0 Å². The highest BCUT2D eigenvalue weighted by molar-refractivity contribution is 7.22. The van der Waals surface area contributed by atoms with Gasteiger partial charge in [-0.2, -0.15) is 0 Å². The molecule has 2 amide bonds. The molecule has 0 unspecified atom stereocenters. The number of benzene rings is 2. The van der Waals surface area contributed by atoms with Gasteiger partial charge in [0.25, 0.3) is 11.5 Å². The molecule has 0 bridgehead atoms. The molecule has 36 heavy (non-hydrogen) atoms. The number of hydrogen-bond donors (Lipinski definition) is 2. The summed E-state index contributed by atoms with van der Waals surface area (Å²) in [6.45, 7) is 0.367. The van der Waals surface area contributed by atoms with Gasteiger partial charge in [0.2, 0.25) is 0 Å². The van der Waals surface area contributed by atoms with E-state index in [4.69, 9.17) is 9.84 Å². The normalized spacial score (nSPS) is 10.9. The summed E-state index contributed by atoms with van der Waals surface area (Å²) in [4.78, 5) is 52.4. The summed E-state index contributed by atoms with van der Waals surface area (Å²) in [7, 11) is 3.02. The zero-order chi connectivity index (χ0) is 25.8. The van der Waals surface area contributed by atoms with Crippen LogP contribution < -0.4 is 15.6 Å². The number of Topliss-reactive ketones (excluding diaryl/α,β-unsaturated/α-hetero) is 1. The number of aromatic nitrogens is 1. The predicted molar refractivity (Wildman–Crippen MR) is 139 cm³/mol. The van der Waals surface area contributed by atoms with Gasteiger partial charge in [0.15, 0.2) is 11.5 Å². The first-order valence-corrected chi connectivity index (χ1v) is 12.1. The van der Waals surface area contributed by atoms with E-state index in [1.807, 2.05) is 18.2 Å². The second-order valence-corrected chi connectivity index (χ2v) is 9.20. The zero-order valence-electron chi connectivity index (χ0n) is 19.8. The Morgan fingerprint density at radius 2 is 1.78 bits per heavy atom. The minimum Gasteiger partial charge on any atom is -0.494 e. The van der Waals surface area contributed by atoms with Gasteiger partial charge in [-0.05, 0) is 12.5 Å². The van der Waals surface area contributed by atoms with Crippen molar-refractivity contribution in [1.82, 2.24) is 14.8 Å². The van der Waals surface area contributed by atoms with Crippen LogP contribution in [0.25, 0.3) is 21.0 Å². The third kappa shape index (κ3) is 4.80. The molecule has 0 aliphatic heterocycles. The first-order valence-electron chi connectivity index (χ1n) is 11.3. The van der Waals surface area contributed by atoms with Crippen LogP contribution >= 0.6 is 11.3 Å². The average molecular weight is 508 g/mol. The zero-order valence-corrected chi connectivity index (χ0v) is 20.6. The van der Waals surface area contributed by atoms with E-state index in [-0.39, 0.29) is 40.8 Å². The van der Waals surface area contributed by atoms with E-state index in [1.165, 1.54) is 27.9 Å². The van der Waals surface area contributed by atoms with Crippen molar-refractivity contribution in [2.24, 2.45) is 0 Å². The van der Waals surface area contributed by atoms with Crippen molar-refractivity contribution < 1.29 is 24.2 Å². The van der Waals surface area contributed by atoms with E-state index in [9.17, 15) is 19.2 Å². The molecule has 0 atom stereocenters. The van der Waals surface area contributed by atoms with Crippen molar-refractivity contribution in [2.75, 3.05) is 27.2 Å². The Bertz CT molecular complexity index is 1510. The van der Waals surface area contributed by atoms with Crippen LogP contribution in [0.15, 0.2) is 59.4 Å². The topological polar surface area (TPSA) is 118 Å². The first-order chi connectivity index (χ1) is 17.3. The number of carbonyl (C=O) groups is 3. The fourth-order valence-electron chi connectivity index (χ4n) is 4.08. The molecule has 0 spiro atoms. The summed E-state index contributed by atoms with van der Waals surface area (Å²) in [5.74, 6) is -0.367. The van der Waals surface area contributed by atoms with Crippen molar-refractivity contribution in [3.05, 3.63) is 75.4 Å². The minimum atomic E-state index is -1.12. The Kier molecular flexibility index (Phi) is 7.35. The van der Waals surface area contributed by atoms with E-state index in [0.29, 0.717) is 28.7 Å². The lowest BCUT2D eigenvalue weighted by Gasteiger charge is -2.16. The number of nitrogens with one attached hydrogen (secondary N) is 1. The SMILES string of the molecule is COc1c(C(=O)N(C)CCCNC(=O)O)sc2c1c(=O)n(CC(=O)c1ccccc1)c1ccccc21. The number of thiophene rings is 1. The summed E-state index contributed by atoms with van der Waals surface area (Å²) in [6.07, 6.45) is -0.692. The second kappa shape index (κ2) is 10.6. The largest absolute Gasteiger partial charge is 0.494 e. The van der Waals surface area contributed by atoms with Gasteiger partial charge in [-0.25, -0.2) is 4.79 Å². The van der Waals surface area contributed by atoms with Crippen molar-refractivity contribution in [3.8, 4) is 5.75 Å². The lowest BCUT2D eigenvalue weighted by Crippen LogP contribution is -2.30. The summed E-state index contributed by atoms with van der Waals surface area (Å²) in [6, 6.07) is 16.0. The number of amides is 2. The van der Waals surface area contributed by atoms with E-state index in [0.717, 1.165) is 5.39 Å². The van der Waals surface area contributed by atoms with Gasteiger partial charge in [0.1, 0.15) is 10.3 Å². The Morgan fingerprint density at radius 3 is 2.47 bits per heavy atom. The molecule has 2 aromatic heterocycles. The molecule has 0 fully saturated rings. The van der Waals surface area contributed by atoms with Gasteiger partial charge in [-0.15, -0.1) is 11.3 Å². The Labute approximate surface area is 210 Å². The molecular formula is C26H25N3O6S. The fraction of sp³-hybridized carbons (Fsp3) is 0.231. The molecule has 4 rings (SSSR count). The minimum absolute atomic E-state index is 0.155. The number of carbonyl (C=O) groups excluding carboxylic acids is 2. The Morgan fingerprint density at radius 1 is 1.08 bits per heavy atom. The molecule has 0 saturated carbocycles. The molecule has 0 saturated heterocycles. The summed E-state index contributed by atoms with van der Waals surface area (Å²) in [5, 5.41) is 12.0. The number of rotatable bonds is 9. The van der Waals surface area contributed by atoms with Crippen molar-refractivity contribution >= 4 is 50.1 Å². The molecule has 10 heteroatoms. The van der Waals surface area contributed by atoms with Gasteiger partial charge in [0, 0.05) is 31.1 Å². The Hall–Kier alpha value is -4.18. The van der Waals surface area contributed by atoms with Gasteiger partial charge < -0.3 is 20.1 Å². The third-order valence-corrected chi connectivity index (χ3v) is 7.04. The quantitative estimate of drug-likeness (QED) is 0.263. The number of fused-ring (bicyclic) bond motifs is 3. The van der Waals surface area contributed by atoms with Gasteiger partial charge in [-0.1, -0.05) is 48.5 Å². The molecule has 2 N–H and O–H groups in total. The maximum atomic E-state index is 13.7. The molecule has 4 aromatic rings. The summed E-state index contributed by atoms with van der Waals surface area (Å²) >= 11 is 1.17. The lowest BCUT2D eigenvalue weighted by molar-refractivity contribution is 0.0795. The highest BCUT2D eigenvalue weighted by atomic mass is 32.1. The van der Waals surface area contributed by atoms with Crippen molar-refractivity contribution in [3.63, 3.8) is 0 Å². The number of nitrogens with zero attached hydrogens (tertiary/aromatic N) is 2. The maximum Gasteiger partial charge on any atom is 0.404 e. The number of pyridine rings is 1. The number of para-hydroxylation sites is 1. The maximum absolute atomic E-state index is 13.7. The molecule has 2 heterocycles. The molecular weight excluding hydrogens is 482 g/mol. The number of hydrogen-bond acceptors (Lipinski definition) is 6. The van der Waals surface area contributed by atoms with Crippen molar-refractivity contribution in [2.45, 2.75) is 13.0 Å². The highest BCUT2D eigenvalue weighted by Gasteiger charge is 2.27. The van der Waals surface area contributed by atoms with Crippen LogP contribution in [0, 0.1) is 0 Å². The molecule has 2 aromatic carbocycles. The number of ether oxygens (including phenoxy) is 1. The number of methoxy groups -OCH3 is 1. The molecule has 0 aliphatic carbocycles. The standard InChI is InChI=1S/C26H25N3O6S/c1-28(14-8-13-27-26(33)34)25(32)23-21(35-2)20-22(36-23)17-11-6-7-12-18(17)29(24(20)31)15-19(30)16-9-4-3-5-10-16/h3-7,9-12,27H,8,13-15H2,1-2H3,(H,33,34). The van der Waals surface area contributed by atoms with Crippen LogP contribution in [0.1, 0.15) is 26.5 Å². The van der Waals surface area contributed by atoms with Gasteiger partial charge >= 0.3 is 6.09 Å². The Balaban J connectivity index is 1.78. The number of ketones is 1. The van der Waals surface area contributed by atoms with Crippen LogP contribution in [0.4, 0.5) is 4.79 Å². The first kappa shape index (κ1) is 24.9. The molecule has 186 valence electrons. The van der Waals surface area contributed by atoms with E-state index >= 15 is 0 Å². The van der Waals surface area contributed by atoms with Crippen LogP contribution in [0.3, 0.4) is 0 Å². The van der Waals surface area contributed by atoms with Gasteiger partial charge in [0.05, 0.1) is 23.9 Å². The van der Waals surface area contributed by atoms with E-state index < -0.39 is 11.7 Å². The van der Waals surface area contributed by atoms with Crippen LogP contribution in [0.5, 0.6) is 5.75 Å². The summed E-state index contributed by atoms with van der Waals surface area (Å²) < 4.78 is 7.62. The third-order valence-electron chi connectivity index (χ3n) is 5.85. The molecule has 0 radical (unpaired) electrons. The van der Waals surface area contributed by atoms with Crippen LogP contribution in [-0.2, 0) is 6.54 Å². The lowest BCUT2D eigenvalue weighted by atomic mass is 10.1. The summed E-state index contributed by atoms with van der Waals surface area (Å²) in [5.41, 5.74) is 0.685. The van der Waals surface area contributed by atoms with Crippen molar-refractivity contribution in [1.29, 1.82) is 0 Å². The van der Waals surface area contributed by atoms with E-state index in [2.05, 4.69) is 5.32 Å². The highest BCUT2D eigenvalue weighted by Crippen LogP contribution is 2.40. The average Bonchev–Trinajstić information content (AvgIpc) is 3.28. The van der Waals surface area contributed by atoms with E-state index in [1.54, 1.807) is 43.4 Å².